The van der Waals surface area contributed by atoms with Gasteiger partial charge in [0.1, 0.15) is 0 Å². The second kappa shape index (κ2) is 12.3. The molecule has 1 saturated heterocycles. The summed E-state index contributed by atoms with van der Waals surface area (Å²) in [5.41, 5.74) is 4.59. The Labute approximate surface area is 234 Å². The van der Waals surface area contributed by atoms with E-state index in [4.69, 9.17) is 9.47 Å². The third kappa shape index (κ3) is 6.65. The summed E-state index contributed by atoms with van der Waals surface area (Å²) in [5, 5.41) is 2.55. The Bertz CT molecular complexity index is 1410. The third-order valence-corrected chi connectivity index (χ3v) is 7.61. The van der Waals surface area contributed by atoms with Gasteiger partial charge in [-0.25, -0.2) is 0 Å². The minimum Gasteiger partial charge on any atom is -0.493 e. The highest BCUT2D eigenvalue weighted by molar-refractivity contribution is 9.10. The van der Waals surface area contributed by atoms with Crippen LogP contribution in [0.2, 0.25) is 0 Å². The van der Waals surface area contributed by atoms with Crippen molar-refractivity contribution in [3.63, 3.8) is 0 Å². The van der Waals surface area contributed by atoms with Crippen molar-refractivity contribution in [2.24, 2.45) is 0 Å². The predicted molar refractivity (Wildman–Crippen MR) is 154 cm³/mol. The number of amides is 3. The van der Waals surface area contributed by atoms with Gasteiger partial charge in [-0.15, -0.1) is 0 Å². The number of thioether (sulfide) groups is 1. The van der Waals surface area contributed by atoms with Gasteiger partial charge in [-0.3, -0.25) is 19.3 Å². The van der Waals surface area contributed by atoms with Crippen molar-refractivity contribution in [1.29, 1.82) is 0 Å². The number of benzene rings is 3. The molecular formula is C29H27BrN2O5S. The Kier molecular flexibility index (Phi) is 8.91. The first-order chi connectivity index (χ1) is 18.2. The SMILES string of the molecule is COc1cc(/C=C2/SC(=O)N(CCc3ccccc3)C2=O)ccc1OCC(=O)Nc1cc(C)c(C)cc1Br. The minimum atomic E-state index is -0.316. The zero-order chi connectivity index (χ0) is 27.2. The van der Waals surface area contributed by atoms with Crippen molar-refractivity contribution in [1.82, 2.24) is 4.90 Å². The van der Waals surface area contributed by atoms with Gasteiger partial charge in [0.2, 0.25) is 0 Å². The molecule has 0 unspecified atom stereocenters. The Morgan fingerprint density at radius 2 is 1.76 bits per heavy atom. The van der Waals surface area contributed by atoms with Gasteiger partial charge in [0, 0.05) is 11.0 Å². The van der Waals surface area contributed by atoms with Gasteiger partial charge >= 0.3 is 0 Å². The number of aryl methyl sites for hydroxylation is 2. The Morgan fingerprint density at radius 3 is 2.50 bits per heavy atom. The van der Waals surface area contributed by atoms with E-state index in [0.29, 0.717) is 40.6 Å². The molecule has 4 rings (SSSR count). The molecule has 0 aliphatic carbocycles. The van der Waals surface area contributed by atoms with Crippen LogP contribution >= 0.6 is 27.7 Å². The van der Waals surface area contributed by atoms with Crippen molar-refractivity contribution in [2.45, 2.75) is 20.3 Å². The van der Waals surface area contributed by atoms with Crippen molar-refractivity contribution < 1.29 is 23.9 Å². The highest BCUT2D eigenvalue weighted by Crippen LogP contribution is 2.35. The molecule has 1 N–H and O–H groups in total. The van der Waals surface area contributed by atoms with Crippen molar-refractivity contribution in [3.8, 4) is 11.5 Å². The average Bonchev–Trinajstić information content (AvgIpc) is 3.17. The molecule has 3 aromatic rings. The van der Waals surface area contributed by atoms with Gasteiger partial charge in [0.05, 0.1) is 17.7 Å². The number of hydrogen-bond donors (Lipinski definition) is 1. The van der Waals surface area contributed by atoms with Crippen LogP contribution in [0.4, 0.5) is 10.5 Å². The fraction of sp³-hybridized carbons (Fsp3) is 0.207. The number of nitrogens with one attached hydrogen (secondary N) is 1. The zero-order valence-corrected chi connectivity index (χ0v) is 23.6. The molecule has 0 bridgehead atoms. The molecule has 1 aliphatic heterocycles. The average molecular weight is 596 g/mol. The first-order valence-electron chi connectivity index (χ1n) is 11.9. The Balaban J connectivity index is 1.39. The first kappa shape index (κ1) is 27.5. The van der Waals surface area contributed by atoms with E-state index in [0.717, 1.165) is 32.9 Å². The van der Waals surface area contributed by atoms with Gasteiger partial charge in [0.25, 0.3) is 17.1 Å². The Hall–Kier alpha value is -3.56. The van der Waals surface area contributed by atoms with Crippen LogP contribution in [-0.4, -0.2) is 42.2 Å². The summed E-state index contributed by atoms with van der Waals surface area (Å²) in [6.45, 7) is 4.09. The summed E-state index contributed by atoms with van der Waals surface area (Å²) < 4.78 is 11.9. The smallest absolute Gasteiger partial charge is 0.293 e. The Morgan fingerprint density at radius 1 is 1.03 bits per heavy atom. The number of nitrogens with zero attached hydrogens (tertiary/aromatic N) is 1. The largest absolute Gasteiger partial charge is 0.493 e. The van der Waals surface area contributed by atoms with Crippen LogP contribution in [-0.2, 0) is 16.0 Å². The van der Waals surface area contributed by atoms with E-state index in [1.54, 1.807) is 24.3 Å². The summed E-state index contributed by atoms with van der Waals surface area (Å²) in [6.07, 6.45) is 2.25. The summed E-state index contributed by atoms with van der Waals surface area (Å²) in [7, 11) is 1.50. The number of rotatable bonds is 9. The maximum Gasteiger partial charge on any atom is 0.293 e. The highest BCUT2D eigenvalue weighted by atomic mass is 79.9. The second-order valence-electron chi connectivity index (χ2n) is 8.73. The molecule has 0 radical (unpaired) electrons. The number of carbonyl (C=O) groups is 3. The monoisotopic (exact) mass is 594 g/mol. The fourth-order valence-corrected chi connectivity index (χ4v) is 5.25. The van der Waals surface area contributed by atoms with Crippen LogP contribution < -0.4 is 14.8 Å². The van der Waals surface area contributed by atoms with Crippen LogP contribution in [0.5, 0.6) is 11.5 Å². The van der Waals surface area contributed by atoms with Crippen LogP contribution in [0.15, 0.2) is 70.0 Å². The molecule has 0 spiro atoms. The summed E-state index contributed by atoms with van der Waals surface area (Å²) in [4.78, 5) is 39.4. The van der Waals surface area contributed by atoms with Crippen molar-refractivity contribution in [3.05, 3.63) is 92.3 Å². The molecule has 0 atom stereocenters. The molecule has 9 heteroatoms. The summed E-state index contributed by atoms with van der Waals surface area (Å²) in [6, 6.07) is 18.7. The molecule has 1 aliphatic rings. The van der Waals surface area contributed by atoms with Crippen LogP contribution in [0.1, 0.15) is 22.3 Å². The van der Waals surface area contributed by atoms with E-state index >= 15 is 0 Å². The van der Waals surface area contributed by atoms with Gasteiger partial charge in [-0.05, 0) is 101 Å². The number of halogens is 1. The molecule has 3 aromatic carbocycles. The van der Waals surface area contributed by atoms with Gasteiger partial charge in [-0.2, -0.15) is 0 Å². The minimum absolute atomic E-state index is 0.213. The molecule has 1 fully saturated rings. The quantitative estimate of drug-likeness (QED) is 0.290. The van der Waals surface area contributed by atoms with E-state index in [2.05, 4.69) is 21.2 Å². The molecule has 196 valence electrons. The lowest BCUT2D eigenvalue weighted by Gasteiger charge is -2.13. The summed E-state index contributed by atoms with van der Waals surface area (Å²) >= 11 is 4.39. The lowest BCUT2D eigenvalue weighted by molar-refractivity contribution is -0.122. The molecule has 0 saturated carbocycles. The number of hydrogen-bond acceptors (Lipinski definition) is 6. The molecular weight excluding hydrogens is 568 g/mol. The van der Waals surface area contributed by atoms with E-state index in [1.807, 2.05) is 56.3 Å². The zero-order valence-electron chi connectivity index (χ0n) is 21.2. The maximum absolute atomic E-state index is 12.9. The van der Waals surface area contributed by atoms with Gasteiger partial charge in [0.15, 0.2) is 18.1 Å². The van der Waals surface area contributed by atoms with Crippen LogP contribution in [0.25, 0.3) is 6.08 Å². The number of methoxy groups -OCH3 is 1. The van der Waals surface area contributed by atoms with E-state index in [-0.39, 0.29) is 23.7 Å². The van der Waals surface area contributed by atoms with E-state index in [1.165, 1.54) is 12.0 Å². The third-order valence-electron chi connectivity index (χ3n) is 6.04. The number of ether oxygens (including phenoxy) is 2. The normalized spacial score (nSPS) is 14.2. The summed E-state index contributed by atoms with van der Waals surface area (Å²) in [5.74, 6) is 0.158. The van der Waals surface area contributed by atoms with Gasteiger partial charge in [-0.1, -0.05) is 36.4 Å². The second-order valence-corrected chi connectivity index (χ2v) is 10.6. The highest BCUT2D eigenvalue weighted by Gasteiger charge is 2.34. The van der Waals surface area contributed by atoms with Crippen molar-refractivity contribution in [2.75, 3.05) is 25.6 Å². The molecule has 1 heterocycles. The van der Waals surface area contributed by atoms with Crippen molar-refractivity contribution >= 4 is 56.5 Å². The van der Waals surface area contributed by atoms with Crippen LogP contribution in [0, 0.1) is 13.8 Å². The topological polar surface area (TPSA) is 84.9 Å². The van der Waals surface area contributed by atoms with E-state index < -0.39 is 0 Å². The first-order valence-corrected chi connectivity index (χ1v) is 13.5. The number of anilines is 1. The number of carbonyl (C=O) groups excluding carboxylic acids is 3. The standard InChI is InChI=1S/C29H27BrN2O5S/c1-18-13-22(30)23(14-19(18)2)31-27(33)17-37-24-10-9-21(15-25(24)36-3)16-26-28(34)32(29(35)38-26)12-11-20-7-5-4-6-8-20/h4-10,13-16H,11-12,17H2,1-3H3,(H,31,33)/b26-16+. The van der Waals surface area contributed by atoms with Crippen LogP contribution in [0.3, 0.4) is 0 Å². The predicted octanol–water partition coefficient (Wildman–Crippen LogP) is 6.37. The maximum atomic E-state index is 12.9. The lowest BCUT2D eigenvalue weighted by Crippen LogP contribution is -2.30. The molecule has 7 nitrogen and oxygen atoms in total. The van der Waals surface area contributed by atoms with E-state index in [9.17, 15) is 14.4 Å². The molecule has 3 amide bonds. The van der Waals surface area contributed by atoms with Gasteiger partial charge < -0.3 is 14.8 Å². The fourth-order valence-electron chi connectivity index (χ4n) is 3.83. The molecule has 38 heavy (non-hydrogen) atoms. The molecule has 0 aromatic heterocycles. The lowest BCUT2D eigenvalue weighted by atomic mass is 10.1. The number of imide groups is 1.